The molecule has 0 unspecified atom stereocenters. The normalized spacial score (nSPS) is 21.9. The average molecular weight is 364 g/mol. The fourth-order valence-corrected chi connectivity index (χ4v) is 4.20. The summed E-state index contributed by atoms with van der Waals surface area (Å²) in [6.45, 7) is 2.07. The van der Waals surface area contributed by atoms with E-state index in [1.54, 1.807) is 7.11 Å². The number of ether oxygens (including phenoxy) is 1. The van der Waals surface area contributed by atoms with E-state index in [9.17, 15) is 9.59 Å². The minimum absolute atomic E-state index is 0.122. The lowest BCUT2D eigenvalue weighted by Crippen LogP contribution is -2.34. The van der Waals surface area contributed by atoms with Crippen molar-refractivity contribution in [2.75, 3.05) is 31.6 Å². The Hall–Kier alpha value is -2.82. The van der Waals surface area contributed by atoms with Crippen LogP contribution in [0.1, 0.15) is 18.4 Å². The van der Waals surface area contributed by atoms with Crippen molar-refractivity contribution in [1.29, 1.82) is 0 Å². The standard InChI is InChI=1S/C22H24N2O3/c1-27-19-9-7-18(8-10-19)24-16-22(14-21(24)26)11-12-23(15-22)20(25)13-17-5-3-2-4-6-17/h2-10H,11-16H2,1H3/t22-/m0/s1. The van der Waals surface area contributed by atoms with Gasteiger partial charge >= 0.3 is 0 Å². The molecular weight excluding hydrogens is 340 g/mol. The summed E-state index contributed by atoms with van der Waals surface area (Å²) in [5.74, 6) is 1.06. The van der Waals surface area contributed by atoms with Gasteiger partial charge in [-0.15, -0.1) is 0 Å². The highest BCUT2D eigenvalue weighted by Gasteiger charge is 2.48. The molecule has 0 aliphatic carbocycles. The van der Waals surface area contributed by atoms with E-state index in [0.29, 0.717) is 25.9 Å². The van der Waals surface area contributed by atoms with Crippen molar-refractivity contribution in [3.8, 4) is 5.75 Å². The molecule has 2 aliphatic rings. The second-order valence-corrected chi connectivity index (χ2v) is 7.58. The van der Waals surface area contributed by atoms with Crippen molar-refractivity contribution < 1.29 is 14.3 Å². The van der Waals surface area contributed by atoms with Crippen LogP contribution in [0.3, 0.4) is 0 Å². The summed E-state index contributed by atoms with van der Waals surface area (Å²) in [6, 6.07) is 17.4. The van der Waals surface area contributed by atoms with E-state index in [1.165, 1.54) is 0 Å². The largest absolute Gasteiger partial charge is 0.497 e. The first-order chi connectivity index (χ1) is 13.1. The van der Waals surface area contributed by atoms with Gasteiger partial charge in [-0.1, -0.05) is 30.3 Å². The summed E-state index contributed by atoms with van der Waals surface area (Å²) < 4.78 is 5.19. The van der Waals surface area contributed by atoms with Crippen LogP contribution in [0.2, 0.25) is 0 Å². The fourth-order valence-electron chi connectivity index (χ4n) is 4.20. The van der Waals surface area contributed by atoms with Gasteiger partial charge in [0.05, 0.1) is 13.5 Å². The van der Waals surface area contributed by atoms with Crippen LogP contribution in [-0.4, -0.2) is 43.5 Å². The van der Waals surface area contributed by atoms with Gasteiger partial charge in [-0.2, -0.15) is 0 Å². The van der Waals surface area contributed by atoms with E-state index in [2.05, 4.69) is 0 Å². The van der Waals surface area contributed by atoms with Crippen LogP contribution in [0.25, 0.3) is 0 Å². The van der Waals surface area contributed by atoms with Crippen LogP contribution >= 0.6 is 0 Å². The highest BCUT2D eigenvalue weighted by Crippen LogP contribution is 2.42. The predicted octanol–water partition coefficient (Wildman–Crippen LogP) is 2.89. The Morgan fingerprint density at radius 2 is 1.81 bits per heavy atom. The third kappa shape index (κ3) is 3.54. The highest BCUT2D eigenvalue weighted by molar-refractivity contribution is 5.96. The van der Waals surface area contributed by atoms with Gasteiger partial charge < -0.3 is 14.5 Å². The Kier molecular flexibility index (Phi) is 4.60. The smallest absolute Gasteiger partial charge is 0.227 e. The zero-order chi connectivity index (χ0) is 18.9. The SMILES string of the molecule is COc1ccc(N2C[C@@]3(CCN(C(=O)Cc4ccccc4)C3)CC2=O)cc1. The van der Waals surface area contributed by atoms with Gasteiger partial charge in [-0.25, -0.2) is 0 Å². The highest BCUT2D eigenvalue weighted by atomic mass is 16.5. The molecule has 0 saturated carbocycles. The number of methoxy groups -OCH3 is 1. The number of carbonyl (C=O) groups is 2. The Bertz CT molecular complexity index is 834. The van der Waals surface area contributed by atoms with E-state index in [1.807, 2.05) is 64.4 Å². The van der Waals surface area contributed by atoms with E-state index in [0.717, 1.165) is 30.0 Å². The van der Waals surface area contributed by atoms with Crippen LogP contribution < -0.4 is 9.64 Å². The topological polar surface area (TPSA) is 49.9 Å². The second kappa shape index (κ2) is 7.06. The van der Waals surface area contributed by atoms with Crippen LogP contribution in [0, 0.1) is 5.41 Å². The van der Waals surface area contributed by atoms with E-state index < -0.39 is 0 Å². The molecule has 27 heavy (non-hydrogen) atoms. The minimum Gasteiger partial charge on any atom is -0.497 e. The van der Waals surface area contributed by atoms with E-state index in [-0.39, 0.29) is 17.2 Å². The molecule has 4 rings (SSSR count). The maximum atomic E-state index is 12.7. The predicted molar refractivity (Wildman–Crippen MR) is 104 cm³/mol. The van der Waals surface area contributed by atoms with Gasteiger partial charge in [0, 0.05) is 37.2 Å². The Labute approximate surface area is 159 Å². The van der Waals surface area contributed by atoms with Gasteiger partial charge in [-0.05, 0) is 36.2 Å². The minimum atomic E-state index is -0.122. The molecule has 2 aliphatic heterocycles. The molecule has 2 saturated heterocycles. The molecule has 1 spiro atoms. The molecule has 2 fully saturated rings. The third-order valence-electron chi connectivity index (χ3n) is 5.69. The van der Waals surface area contributed by atoms with Gasteiger partial charge in [0.15, 0.2) is 0 Å². The van der Waals surface area contributed by atoms with Crippen LogP contribution in [0.5, 0.6) is 5.75 Å². The number of amides is 2. The molecule has 140 valence electrons. The maximum absolute atomic E-state index is 12.7. The van der Waals surface area contributed by atoms with E-state index >= 15 is 0 Å². The summed E-state index contributed by atoms with van der Waals surface area (Å²) in [5, 5.41) is 0. The van der Waals surface area contributed by atoms with Gasteiger partial charge in [0.25, 0.3) is 0 Å². The lowest BCUT2D eigenvalue weighted by molar-refractivity contribution is -0.130. The number of likely N-dealkylation sites (tertiary alicyclic amines) is 1. The zero-order valence-electron chi connectivity index (χ0n) is 15.6. The zero-order valence-corrected chi connectivity index (χ0v) is 15.6. The second-order valence-electron chi connectivity index (χ2n) is 7.58. The summed E-state index contributed by atoms with van der Waals surface area (Å²) >= 11 is 0. The Morgan fingerprint density at radius 1 is 1.07 bits per heavy atom. The first-order valence-corrected chi connectivity index (χ1v) is 9.35. The molecule has 1 atom stereocenters. The number of benzene rings is 2. The molecule has 0 bridgehead atoms. The fraction of sp³-hybridized carbons (Fsp3) is 0.364. The molecule has 2 amide bonds. The quantitative estimate of drug-likeness (QED) is 0.838. The molecule has 2 heterocycles. The van der Waals surface area contributed by atoms with Crippen molar-refractivity contribution in [3.63, 3.8) is 0 Å². The van der Waals surface area contributed by atoms with Crippen molar-refractivity contribution in [2.45, 2.75) is 19.3 Å². The van der Waals surface area contributed by atoms with E-state index in [4.69, 9.17) is 4.74 Å². The lowest BCUT2D eigenvalue weighted by Gasteiger charge is -2.24. The Balaban J connectivity index is 1.42. The molecule has 5 heteroatoms. The third-order valence-corrected chi connectivity index (χ3v) is 5.69. The van der Waals surface area contributed by atoms with Gasteiger partial charge in [0.1, 0.15) is 5.75 Å². The number of nitrogens with zero attached hydrogens (tertiary/aromatic N) is 2. The van der Waals surface area contributed by atoms with Crippen molar-refractivity contribution in [1.82, 2.24) is 4.90 Å². The van der Waals surface area contributed by atoms with Gasteiger partial charge in [-0.3, -0.25) is 9.59 Å². The summed E-state index contributed by atoms with van der Waals surface area (Å²) in [7, 11) is 1.63. The van der Waals surface area contributed by atoms with Crippen LogP contribution in [0.4, 0.5) is 5.69 Å². The molecule has 0 radical (unpaired) electrons. The molecular formula is C22H24N2O3. The molecule has 2 aromatic carbocycles. The number of hydrogen-bond acceptors (Lipinski definition) is 3. The summed E-state index contributed by atoms with van der Waals surface area (Å²) in [4.78, 5) is 29.1. The molecule has 2 aromatic rings. The monoisotopic (exact) mass is 364 g/mol. The Morgan fingerprint density at radius 3 is 2.52 bits per heavy atom. The summed E-state index contributed by atoms with van der Waals surface area (Å²) in [6.07, 6.45) is 1.81. The number of hydrogen-bond donors (Lipinski definition) is 0. The van der Waals surface area contributed by atoms with Crippen molar-refractivity contribution >= 4 is 17.5 Å². The van der Waals surface area contributed by atoms with Crippen molar-refractivity contribution in [3.05, 3.63) is 60.2 Å². The average Bonchev–Trinajstić information content (AvgIpc) is 3.25. The molecule has 5 nitrogen and oxygen atoms in total. The first kappa shape index (κ1) is 17.6. The number of rotatable bonds is 4. The van der Waals surface area contributed by atoms with Crippen LogP contribution in [-0.2, 0) is 16.0 Å². The van der Waals surface area contributed by atoms with Crippen molar-refractivity contribution in [2.24, 2.45) is 5.41 Å². The number of anilines is 1. The first-order valence-electron chi connectivity index (χ1n) is 9.35. The lowest BCUT2D eigenvalue weighted by atomic mass is 9.86. The number of carbonyl (C=O) groups excluding carboxylic acids is 2. The molecule has 0 N–H and O–H groups in total. The van der Waals surface area contributed by atoms with Crippen LogP contribution in [0.15, 0.2) is 54.6 Å². The summed E-state index contributed by atoms with van der Waals surface area (Å²) in [5.41, 5.74) is 1.81. The molecule has 0 aromatic heterocycles. The maximum Gasteiger partial charge on any atom is 0.227 e. The van der Waals surface area contributed by atoms with Gasteiger partial charge in [0.2, 0.25) is 11.8 Å².